The summed E-state index contributed by atoms with van der Waals surface area (Å²) >= 11 is 0. The van der Waals surface area contributed by atoms with Crippen molar-refractivity contribution in [2.24, 2.45) is 0 Å². The van der Waals surface area contributed by atoms with Crippen molar-refractivity contribution in [3.8, 4) is 0 Å². The molecule has 0 aliphatic rings. The average Bonchev–Trinajstić information content (AvgIpc) is 3.26. The number of unbranched alkanes of at least 4 members (excludes halogenated alkanes) is 16. The van der Waals surface area contributed by atoms with Crippen LogP contribution >= 0.6 is 7.82 Å². The molecule has 0 aliphatic carbocycles. The fraction of sp³-hybridized carbons (Fsp3) is 0.661. The highest BCUT2D eigenvalue weighted by Gasteiger charge is 2.23. The van der Waals surface area contributed by atoms with Crippen molar-refractivity contribution in [2.45, 2.75) is 199 Å². The molecular weight excluding hydrogens is 828 g/mol. The second-order valence-electron chi connectivity index (χ2n) is 18.1. The predicted octanol–water partition coefficient (Wildman–Crippen LogP) is 14.6. The standard InChI is InChI=1S/C56H97N2O6P/c1-6-8-10-12-14-16-18-20-22-23-24-25-26-27-28-29-30-31-32-33-34-35-36-38-40-42-44-46-48-50-56(60)57-54(53-64-65(61,62)63-52-51-58(3,4)5)55(59)49-47-45-43-41-39-37-21-19-17-15-13-11-9-7-2/h8,10,14,16,20,22,24-25,27-28,30-31,33-34,39,41,47,49,54-55,59H,6-7,9,11-13,15,17-19,21,23,26,29,32,35-38,40,42-46,48,50-53H2,1-5H3,(H-,57,60,61,62)/b10-8-,16-14-,22-20-,25-24-,28-27-,31-30-,34-33-,41-39+,49-47+. The Balaban J connectivity index is 4.32. The summed E-state index contributed by atoms with van der Waals surface area (Å²) in [7, 11) is 1.22. The van der Waals surface area contributed by atoms with Crippen molar-refractivity contribution in [3.63, 3.8) is 0 Å². The van der Waals surface area contributed by atoms with Crippen LogP contribution in [0, 0.1) is 0 Å². The molecule has 0 aromatic heterocycles. The number of phosphoric ester groups is 1. The molecule has 1 amide bonds. The van der Waals surface area contributed by atoms with E-state index in [0.29, 0.717) is 17.4 Å². The summed E-state index contributed by atoms with van der Waals surface area (Å²) in [5, 5.41) is 13.8. The van der Waals surface area contributed by atoms with E-state index in [4.69, 9.17) is 9.05 Å². The van der Waals surface area contributed by atoms with Gasteiger partial charge in [-0.3, -0.25) is 9.36 Å². The maximum atomic E-state index is 12.9. The summed E-state index contributed by atoms with van der Waals surface area (Å²) < 4.78 is 23.2. The van der Waals surface area contributed by atoms with Crippen LogP contribution in [0.3, 0.4) is 0 Å². The topological polar surface area (TPSA) is 108 Å². The number of aliphatic hydroxyl groups is 1. The van der Waals surface area contributed by atoms with Gasteiger partial charge in [-0.15, -0.1) is 0 Å². The van der Waals surface area contributed by atoms with E-state index in [9.17, 15) is 19.4 Å². The molecule has 8 nitrogen and oxygen atoms in total. The van der Waals surface area contributed by atoms with Crippen molar-refractivity contribution in [3.05, 3.63) is 109 Å². The van der Waals surface area contributed by atoms with Crippen molar-refractivity contribution < 1.29 is 32.9 Å². The van der Waals surface area contributed by atoms with Crippen molar-refractivity contribution in [1.82, 2.24) is 5.32 Å². The Morgan fingerprint density at radius 3 is 1.43 bits per heavy atom. The van der Waals surface area contributed by atoms with Crippen molar-refractivity contribution in [2.75, 3.05) is 40.9 Å². The van der Waals surface area contributed by atoms with Crippen LogP contribution in [0.25, 0.3) is 0 Å². The molecule has 0 fully saturated rings. The maximum Gasteiger partial charge on any atom is 0.268 e. The van der Waals surface area contributed by atoms with Crippen molar-refractivity contribution in [1.29, 1.82) is 0 Å². The van der Waals surface area contributed by atoms with Gasteiger partial charge in [0.1, 0.15) is 13.2 Å². The summed E-state index contributed by atoms with van der Waals surface area (Å²) in [6.07, 6.45) is 67.2. The molecule has 0 bridgehead atoms. The van der Waals surface area contributed by atoms with Gasteiger partial charge in [0.25, 0.3) is 7.82 Å². The minimum absolute atomic E-state index is 0.0148. The Labute approximate surface area is 400 Å². The number of likely N-dealkylation sites (N-methyl/N-ethyl adjacent to an activating group) is 1. The van der Waals surface area contributed by atoms with E-state index < -0.39 is 26.6 Å². The Bertz CT molecular complexity index is 1420. The van der Waals surface area contributed by atoms with Gasteiger partial charge < -0.3 is 28.8 Å². The van der Waals surface area contributed by atoms with Gasteiger partial charge in [0.15, 0.2) is 0 Å². The second-order valence-corrected chi connectivity index (χ2v) is 19.5. The molecule has 0 aromatic rings. The van der Waals surface area contributed by atoms with Crippen LogP contribution in [-0.2, 0) is 18.4 Å². The predicted molar refractivity (Wildman–Crippen MR) is 279 cm³/mol. The largest absolute Gasteiger partial charge is 0.756 e. The van der Waals surface area contributed by atoms with E-state index in [0.717, 1.165) is 96.3 Å². The fourth-order valence-electron chi connectivity index (χ4n) is 6.68. The third-order valence-electron chi connectivity index (χ3n) is 10.7. The molecule has 0 saturated heterocycles. The van der Waals surface area contributed by atoms with E-state index in [1.165, 1.54) is 70.6 Å². The molecule has 0 radical (unpaired) electrons. The summed E-state index contributed by atoms with van der Waals surface area (Å²) in [6, 6.07) is -0.916. The first-order valence-corrected chi connectivity index (χ1v) is 27.2. The molecule has 0 rings (SSSR count). The molecule has 0 spiro atoms. The fourth-order valence-corrected chi connectivity index (χ4v) is 7.40. The molecule has 0 aromatic carbocycles. The summed E-state index contributed by atoms with van der Waals surface area (Å²) in [5.41, 5.74) is 0. The van der Waals surface area contributed by atoms with Crippen LogP contribution in [0.2, 0.25) is 0 Å². The molecule has 2 N–H and O–H groups in total. The number of phosphoric acid groups is 1. The van der Waals surface area contributed by atoms with Gasteiger partial charge in [0, 0.05) is 6.42 Å². The first-order chi connectivity index (χ1) is 31.5. The first-order valence-electron chi connectivity index (χ1n) is 25.7. The molecule has 3 atom stereocenters. The Morgan fingerprint density at radius 1 is 0.554 bits per heavy atom. The average molecular weight is 925 g/mol. The zero-order valence-corrected chi connectivity index (χ0v) is 43.0. The monoisotopic (exact) mass is 925 g/mol. The van der Waals surface area contributed by atoms with Crippen LogP contribution in [0.5, 0.6) is 0 Å². The number of quaternary nitrogens is 1. The zero-order chi connectivity index (χ0) is 47.8. The summed E-state index contributed by atoms with van der Waals surface area (Å²) in [4.78, 5) is 25.4. The van der Waals surface area contributed by atoms with Crippen molar-refractivity contribution >= 4 is 13.7 Å². The number of hydrogen-bond donors (Lipinski definition) is 2. The highest BCUT2D eigenvalue weighted by Crippen LogP contribution is 2.38. The van der Waals surface area contributed by atoms with Gasteiger partial charge in [-0.05, 0) is 89.9 Å². The molecule has 9 heteroatoms. The van der Waals surface area contributed by atoms with Gasteiger partial charge in [0.2, 0.25) is 5.91 Å². The SMILES string of the molecule is CC/C=C\C/C=C\C/C=C\C/C=C\C/C=C\C/C=C\C/C=C\CCCCCCCCCC(=O)NC(COP(=O)([O-])OCC[N+](C)(C)C)C(O)/C=C/CC/C=C/CCCCCCCCCC. The normalized spacial score (nSPS) is 15.0. The summed E-state index contributed by atoms with van der Waals surface area (Å²) in [6.45, 7) is 4.47. The lowest BCUT2D eigenvalue weighted by Crippen LogP contribution is -2.45. The number of amides is 1. The van der Waals surface area contributed by atoms with E-state index in [2.05, 4.69) is 116 Å². The maximum absolute atomic E-state index is 12.9. The van der Waals surface area contributed by atoms with Gasteiger partial charge >= 0.3 is 0 Å². The van der Waals surface area contributed by atoms with E-state index >= 15 is 0 Å². The lowest BCUT2D eigenvalue weighted by molar-refractivity contribution is -0.870. The number of carbonyl (C=O) groups is 1. The second kappa shape index (κ2) is 46.3. The molecule has 372 valence electrons. The Morgan fingerprint density at radius 2 is 0.954 bits per heavy atom. The molecule has 0 aliphatic heterocycles. The number of nitrogens with one attached hydrogen (secondary N) is 1. The van der Waals surface area contributed by atoms with Crippen LogP contribution in [0.4, 0.5) is 0 Å². The van der Waals surface area contributed by atoms with Gasteiger partial charge in [-0.1, -0.05) is 200 Å². The van der Waals surface area contributed by atoms with Crippen LogP contribution < -0.4 is 10.2 Å². The Kier molecular flexibility index (Phi) is 44.3. The first kappa shape index (κ1) is 62.2. The number of rotatable bonds is 45. The molecule has 3 unspecified atom stereocenters. The van der Waals surface area contributed by atoms with Crippen LogP contribution in [0.15, 0.2) is 109 Å². The quantitative estimate of drug-likeness (QED) is 0.0273. The minimum atomic E-state index is -4.61. The molecule has 0 heterocycles. The van der Waals surface area contributed by atoms with Gasteiger partial charge in [-0.25, -0.2) is 0 Å². The lowest BCUT2D eigenvalue weighted by Gasteiger charge is -2.29. The molecular formula is C56H97N2O6P. The Hall–Kier alpha value is -2.84. The highest BCUT2D eigenvalue weighted by molar-refractivity contribution is 7.45. The number of allylic oxidation sites excluding steroid dienone is 17. The number of aliphatic hydroxyl groups excluding tert-OH is 1. The van der Waals surface area contributed by atoms with E-state index in [1.54, 1.807) is 6.08 Å². The third-order valence-corrected chi connectivity index (χ3v) is 11.7. The minimum Gasteiger partial charge on any atom is -0.756 e. The summed E-state index contributed by atoms with van der Waals surface area (Å²) in [5.74, 6) is -0.225. The number of nitrogens with zero attached hydrogens (tertiary/aromatic N) is 1. The van der Waals surface area contributed by atoms with Gasteiger partial charge in [-0.2, -0.15) is 0 Å². The van der Waals surface area contributed by atoms with Crippen LogP contribution in [0.1, 0.15) is 187 Å². The van der Waals surface area contributed by atoms with Crippen LogP contribution in [-0.4, -0.2) is 68.5 Å². The number of carbonyl (C=O) groups excluding carboxylic acids is 1. The third kappa shape index (κ3) is 48.9. The zero-order valence-electron chi connectivity index (χ0n) is 42.1. The molecule has 0 saturated carbocycles. The molecule has 65 heavy (non-hydrogen) atoms. The van der Waals surface area contributed by atoms with Gasteiger partial charge in [0.05, 0.1) is 39.9 Å². The number of hydrogen-bond acceptors (Lipinski definition) is 6. The highest BCUT2D eigenvalue weighted by atomic mass is 31.2. The van der Waals surface area contributed by atoms with E-state index in [1.807, 2.05) is 27.2 Å². The van der Waals surface area contributed by atoms with E-state index in [-0.39, 0.29) is 12.5 Å². The lowest BCUT2D eigenvalue weighted by atomic mass is 10.1. The smallest absolute Gasteiger partial charge is 0.268 e.